The number of aliphatic carboxylic acids is 1. The molecule has 6 heteroatoms. The van der Waals surface area contributed by atoms with Crippen molar-refractivity contribution in [2.75, 3.05) is 24.7 Å². The van der Waals surface area contributed by atoms with E-state index in [1.54, 1.807) is 11.8 Å². The number of amides is 1. The van der Waals surface area contributed by atoms with Gasteiger partial charge < -0.3 is 15.5 Å². The third-order valence-electron chi connectivity index (χ3n) is 3.08. The molecular weight excluding hydrogens is 266 g/mol. The van der Waals surface area contributed by atoms with Crippen LogP contribution in [0.1, 0.15) is 19.3 Å². The van der Waals surface area contributed by atoms with Gasteiger partial charge in [-0.2, -0.15) is 11.8 Å². The number of hydrogen-bond donors (Lipinski definition) is 3. The Morgan fingerprint density at radius 1 is 1.21 bits per heavy atom. The minimum Gasteiger partial charge on any atom is -0.481 e. The van der Waals surface area contributed by atoms with Crippen molar-refractivity contribution in [2.45, 2.75) is 19.3 Å². The smallest absolute Gasteiger partial charge is 0.307 e. The first-order valence-electron chi connectivity index (χ1n) is 6.51. The van der Waals surface area contributed by atoms with Gasteiger partial charge in [-0.05, 0) is 25.0 Å². The van der Waals surface area contributed by atoms with Crippen molar-refractivity contribution in [1.29, 1.82) is 0 Å². The molecule has 1 rings (SSSR count). The zero-order chi connectivity index (χ0) is 14.1. The number of thioether (sulfide) groups is 1. The van der Waals surface area contributed by atoms with Gasteiger partial charge in [0.1, 0.15) is 0 Å². The normalized spacial score (nSPS) is 22.2. The summed E-state index contributed by atoms with van der Waals surface area (Å²) >= 11 is 1.67. The molecule has 1 aliphatic rings. The molecule has 0 spiro atoms. The molecule has 0 radical (unpaired) electrons. The van der Waals surface area contributed by atoms with E-state index in [-0.39, 0.29) is 12.5 Å². The number of carboxylic acid groups (broad SMARTS) is 1. The Balaban J connectivity index is 2.27. The maximum Gasteiger partial charge on any atom is 0.307 e. The Morgan fingerprint density at radius 2 is 1.89 bits per heavy atom. The Kier molecular flexibility index (Phi) is 7.59. The average Bonchev–Trinajstić information content (AvgIpc) is 2.42. The lowest BCUT2D eigenvalue weighted by molar-refractivity contribution is -0.147. The van der Waals surface area contributed by atoms with Gasteiger partial charge in [-0.15, -0.1) is 0 Å². The van der Waals surface area contributed by atoms with Crippen LogP contribution in [0.5, 0.6) is 0 Å². The van der Waals surface area contributed by atoms with Crippen molar-refractivity contribution in [3.05, 3.63) is 12.2 Å². The fourth-order valence-corrected chi connectivity index (χ4v) is 2.81. The maximum atomic E-state index is 11.9. The minimum atomic E-state index is -0.901. The van der Waals surface area contributed by atoms with Crippen molar-refractivity contribution in [3.63, 3.8) is 0 Å². The predicted molar refractivity (Wildman–Crippen MR) is 75.0 cm³/mol. The molecule has 0 bridgehead atoms. The van der Waals surface area contributed by atoms with Gasteiger partial charge in [0, 0.05) is 18.9 Å². The maximum absolute atomic E-state index is 11.9. The van der Waals surface area contributed by atoms with E-state index in [2.05, 4.69) is 5.32 Å². The van der Waals surface area contributed by atoms with Crippen LogP contribution in [-0.2, 0) is 9.59 Å². The second-order valence-electron chi connectivity index (χ2n) is 4.47. The van der Waals surface area contributed by atoms with Crippen LogP contribution in [0.25, 0.3) is 0 Å². The van der Waals surface area contributed by atoms with E-state index in [9.17, 15) is 9.59 Å². The van der Waals surface area contributed by atoms with E-state index in [1.165, 1.54) is 0 Å². The van der Waals surface area contributed by atoms with Crippen LogP contribution in [0, 0.1) is 11.8 Å². The monoisotopic (exact) mass is 287 g/mol. The van der Waals surface area contributed by atoms with Crippen molar-refractivity contribution < 1.29 is 19.8 Å². The first-order chi connectivity index (χ1) is 9.16. The number of hydrogen-bond acceptors (Lipinski definition) is 4. The molecular formula is C13H21NO4S. The molecule has 0 aliphatic heterocycles. The third-order valence-corrected chi connectivity index (χ3v) is 4.15. The molecule has 1 amide bonds. The summed E-state index contributed by atoms with van der Waals surface area (Å²) in [6, 6.07) is 0. The van der Waals surface area contributed by atoms with E-state index >= 15 is 0 Å². The summed E-state index contributed by atoms with van der Waals surface area (Å²) in [4.78, 5) is 23.0. The van der Waals surface area contributed by atoms with Crippen LogP contribution in [-0.4, -0.2) is 46.7 Å². The molecule has 0 aromatic rings. The number of carboxylic acids is 1. The second-order valence-corrected chi connectivity index (χ2v) is 5.70. The Labute approximate surface area is 117 Å². The predicted octanol–water partition coefficient (Wildman–Crippen LogP) is 0.885. The summed E-state index contributed by atoms with van der Waals surface area (Å²) in [7, 11) is 0. The molecule has 0 aromatic heterocycles. The van der Waals surface area contributed by atoms with Crippen LogP contribution in [0.3, 0.4) is 0 Å². The lowest BCUT2D eigenvalue weighted by Gasteiger charge is -2.24. The molecule has 0 fully saturated rings. The van der Waals surface area contributed by atoms with Crippen molar-refractivity contribution in [2.24, 2.45) is 11.8 Å². The summed E-state index contributed by atoms with van der Waals surface area (Å²) in [6.45, 7) is 0.732. The molecule has 5 nitrogen and oxygen atoms in total. The standard InChI is InChI=1S/C13H21NO4S/c15-7-3-8-19-9-6-14-12(16)10-4-1-2-5-11(10)13(17)18/h1-2,10-11,15H,3-9H2,(H,14,16)(H,17,18). The second kappa shape index (κ2) is 8.98. The van der Waals surface area contributed by atoms with Gasteiger partial charge in [0.2, 0.25) is 5.91 Å². The summed E-state index contributed by atoms with van der Waals surface area (Å²) in [6.07, 6.45) is 5.39. The topological polar surface area (TPSA) is 86.6 Å². The van der Waals surface area contributed by atoms with Gasteiger partial charge in [-0.1, -0.05) is 12.2 Å². The molecule has 0 saturated carbocycles. The van der Waals surface area contributed by atoms with Gasteiger partial charge in [-0.3, -0.25) is 9.59 Å². The molecule has 1 aliphatic carbocycles. The lowest BCUT2D eigenvalue weighted by Crippen LogP contribution is -2.39. The first-order valence-corrected chi connectivity index (χ1v) is 7.66. The van der Waals surface area contributed by atoms with Crippen LogP contribution in [0.4, 0.5) is 0 Å². The van der Waals surface area contributed by atoms with Crippen LogP contribution in [0.15, 0.2) is 12.2 Å². The van der Waals surface area contributed by atoms with Gasteiger partial charge in [0.25, 0.3) is 0 Å². The Hall–Kier alpha value is -1.01. The van der Waals surface area contributed by atoms with E-state index in [4.69, 9.17) is 10.2 Å². The lowest BCUT2D eigenvalue weighted by atomic mass is 9.82. The SMILES string of the molecule is O=C(O)C1CC=CCC1C(=O)NCCSCCCO. The molecule has 0 heterocycles. The van der Waals surface area contributed by atoms with Crippen molar-refractivity contribution >= 4 is 23.6 Å². The number of aliphatic hydroxyl groups excluding tert-OH is 1. The Bertz CT molecular complexity index is 333. The van der Waals surface area contributed by atoms with Crippen molar-refractivity contribution in [3.8, 4) is 0 Å². The van der Waals surface area contributed by atoms with Crippen molar-refractivity contribution in [1.82, 2.24) is 5.32 Å². The minimum absolute atomic E-state index is 0.167. The first kappa shape index (κ1) is 16.0. The highest BCUT2D eigenvalue weighted by molar-refractivity contribution is 7.99. The summed E-state index contributed by atoms with van der Waals surface area (Å²) < 4.78 is 0. The van der Waals surface area contributed by atoms with Crippen LogP contribution in [0.2, 0.25) is 0 Å². The molecule has 0 aromatic carbocycles. The van der Waals surface area contributed by atoms with Crippen LogP contribution >= 0.6 is 11.8 Å². The molecule has 108 valence electrons. The van der Waals surface area contributed by atoms with E-state index in [0.29, 0.717) is 19.4 Å². The van der Waals surface area contributed by atoms with Gasteiger partial charge in [0.05, 0.1) is 11.8 Å². The van der Waals surface area contributed by atoms with E-state index in [0.717, 1.165) is 17.9 Å². The summed E-state index contributed by atoms with van der Waals surface area (Å²) in [5.74, 6) is -0.471. The van der Waals surface area contributed by atoms with Gasteiger partial charge >= 0.3 is 5.97 Å². The molecule has 3 N–H and O–H groups in total. The number of aliphatic hydroxyl groups is 1. The van der Waals surface area contributed by atoms with Gasteiger partial charge in [-0.25, -0.2) is 0 Å². The third kappa shape index (κ3) is 5.65. The van der Waals surface area contributed by atoms with E-state index in [1.807, 2.05) is 12.2 Å². The largest absolute Gasteiger partial charge is 0.481 e. The zero-order valence-corrected chi connectivity index (χ0v) is 11.7. The zero-order valence-electron chi connectivity index (χ0n) is 10.9. The fourth-order valence-electron chi connectivity index (χ4n) is 2.02. The molecule has 2 unspecified atom stereocenters. The highest BCUT2D eigenvalue weighted by Gasteiger charge is 2.33. The summed E-state index contributed by atoms with van der Waals surface area (Å²) in [5.41, 5.74) is 0. The van der Waals surface area contributed by atoms with Crippen LogP contribution < -0.4 is 5.32 Å². The number of carbonyl (C=O) groups is 2. The summed E-state index contributed by atoms with van der Waals surface area (Å²) in [5, 5.41) is 20.5. The molecule has 19 heavy (non-hydrogen) atoms. The number of carbonyl (C=O) groups excluding carboxylic acids is 1. The quantitative estimate of drug-likeness (QED) is 0.456. The highest BCUT2D eigenvalue weighted by atomic mass is 32.2. The van der Waals surface area contributed by atoms with Gasteiger partial charge in [0.15, 0.2) is 0 Å². The number of rotatable bonds is 8. The number of nitrogens with one attached hydrogen (secondary N) is 1. The highest BCUT2D eigenvalue weighted by Crippen LogP contribution is 2.25. The fraction of sp³-hybridized carbons (Fsp3) is 0.692. The molecule has 2 atom stereocenters. The molecule has 0 saturated heterocycles. The average molecular weight is 287 g/mol. The number of allylic oxidation sites excluding steroid dienone is 2. The van der Waals surface area contributed by atoms with E-state index < -0.39 is 17.8 Å². The Morgan fingerprint density at radius 3 is 2.53 bits per heavy atom.